The molecule has 0 radical (unpaired) electrons. The molecule has 4 rings (SSSR count). The number of pyridine rings is 1. The molecule has 1 aliphatic rings. The number of carbonyl (C=O) groups excluding carboxylic acids is 1. The maximum absolute atomic E-state index is 13.1. The van der Waals surface area contributed by atoms with Crippen molar-refractivity contribution in [1.82, 2.24) is 4.98 Å². The Balaban J connectivity index is 1.94. The van der Waals surface area contributed by atoms with E-state index in [0.29, 0.717) is 23.8 Å². The van der Waals surface area contributed by atoms with Crippen LogP contribution >= 0.6 is 11.6 Å². The Bertz CT molecular complexity index is 1080. The summed E-state index contributed by atoms with van der Waals surface area (Å²) in [6.07, 6.45) is 1.59. The summed E-state index contributed by atoms with van der Waals surface area (Å²) in [7, 11) is 1.40. The minimum Gasteiger partial charge on any atom is -0.469 e. The molecule has 28 heavy (non-hydrogen) atoms. The molecular weight excluding hydrogens is 376 g/mol. The van der Waals surface area contributed by atoms with Crippen LogP contribution in [0, 0.1) is 5.92 Å². The second kappa shape index (κ2) is 7.68. The van der Waals surface area contributed by atoms with E-state index in [9.17, 15) is 9.59 Å². The number of anilines is 1. The lowest BCUT2D eigenvalue weighted by atomic mass is 9.94. The predicted molar refractivity (Wildman–Crippen MR) is 112 cm³/mol. The van der Waals surface area contributed by atoms with Gasteiger partial charge >= 0.3 is 5.97 Å². The molecule has 2 aromatic carbocycles. The Kier molecular flexibility index (Phi) is 5.09. The van der Waals surface area contributed by atoms with Crippen LogP contribution in [-0.4, -0.2) is 31.2 Å². The van der Waals surface area contributed by atoms with Gasteiger partial charge in [0.2, 0.25) is 0 Å². The van der Waals surface area contributed by atoms with E-state index in [2.05, 4.69) is 4.98 Å². The summed E-state index contributed by atoms with van der Waals surface area (Å²) < 4.78 is 4.94. The van der Waals surface area contributed by atoms with Gasteiger partial charge in [0.1, 0.15) is 5.69 Å². The third-order valence-electron chi connectivity index (χ3n) is 5.29. The van der Waals surface area contributed by atoms with E-state index in [1.54, 1.807) is 6.07 Å². The van der Waals surface area contributed by atoms with E-state index in [1.165, 1.54) is 7.11 Å². The summed E-state index contributed by atoms with van der Waals surface area (Å²) in [5.41, 5.74) is 2.93. The van der Waals surface area contributed by atoms with Crippen LogP contribution in [0.15, 0.2) is 53.3 Å². The highest BCUT2D eigenvalue weighted by molar-refractivity contribution is 6.31. The number of ether oxygens (including phenoxy) is 1. The number of hydrogen-bond acceptors (Lipinski definition) is 4. The number of rotatable bonds is 3. The molecule has 1 saturated heterocycles. The van der Waals surface area contributed by atoms with E-state index in [-0.39, 0.29) is 17.4 Å². The molecule has 0 aliphatic carbocycles. The van der Waals surface area contributed by atoms with Gasteiger partial charge in [0.25, 0.3) is 5.56 Å². The molecule has 1 aromatic heterocycles. The van der Waals surface area contributed by atoms with Gasteiger partial charge < -0.3 is 14.6 Å². The first kappa shape index (κ1) is 18.6. The molecule has 6 heteroatoms. The van der Waals surface area contributed by atoms with Gasteiger partial charge in [-0.15, -0.1) is 0 Å². The van der Waals surface area contributed by atoms with Crippen molar-refractivity contribution in [3.8, 4) is 11.1 Å². The second-order valence-electron chi connectivity index (χ2n) is 7.04. The van der Waals surface area contributed by atoms with Gasteiger partial charge in [0.15, 0.2) is 0 Å². The van der Waals surface area contributed by atoms with E-state index in [4.69, 9.17) is 16.3 Å². The fourth-order valence-electron chi connectivity index (χ4n) is 3.99. The lowest BCUT2D eigenvalue weighted by Crippen LogP contribution is -2.41. The summed E-state index contributed by atoms with van der Waals surface area (Å²) in [4.78, 5) is 30.2. The van der Waals surface area contributed by atoms with Gasteiger partial charge in [-0.05, 0) is 36.6 Å². The SMILES string of the molecule is COC(=O)[C@H]1CCCN(c2c(-c3ccccc3)c3cc(Cl)ccc3[nH]c2=O)C1. The van der Waals surface area contributed by atoms with Crippen LogP contribution in [0.5, 0.6) is 0 Å². The van der Waals surface area contributed by atoms with Crippen LogP contribution < -0.4 is 10.5 Å². The smallest absolute Gasteiger partial charge is 0.310 e. The van der Waals surface area contributed by atoms with Crippen LogP contribution in [0.2, 0.25) is 5.02 Å². The van der Waals surface area contributed by atoms with Crippen molar-refractivity contribution in [3.63, 3.8) is 0 Å². The van der Waals surface area contributed by atoms with Crippen LogP contribution in [-0.2, 0) is 9.53 Å². The van der Waals surface area contributed by atoms with Gasteiger partial charge in [0.05, 0.1) is 13.0 Å². The Morgan fingerprint density at radius 1 is 1.21 bits per heavy atom. The third kappa shape index (κ3) is 3.38. The minimum atomic E-state index is -0.239. The number of methoxy groups -OCH3 is 1. The number of nitrogens with zero attached hydrogens (tertiary/aromatic N) is 1. The number of piperidine rings is 1. The number of benzene rings is 2. The summed E-state index contributed by atoms with van der Waals surface area (Å²) in [6, 6.07) is 15.3. The number of nitrogens with one attached hydrogen (secondary N) is 1. The first-order valence-corrected chi connectivity index (χ1v) is 9.70. The highest BCUT2D eigenvalue weighted by Crippen LogP contribution is 2.37. The third-order valence-corrected chi connectivity index (χ3v) is 5.52. The Morgan fingerprint density at radius 2 is 2.00 bits per heavy atom. The molecule has 0 unspecified atom stereocenters. The molecule has 0 amide bonds. The number of aromatic nitrogens is 1. The number of esters is 1. The number of halogens is 1. The second-order valence-corrected chi connectivity index (χ2v) is 7.48. The molecule has 5 nitrogen and oxygen atoms in total. The van der Waals surface area contributed by atoms with Gasteiger partial charge in [-0.2, -0.15) is 0 Å². The monoisotopic (exact) mass is 396 g/mol. The average Bonchev–Trinajstić information content (AvgIpc) is 2.73. The molecule has 0 bridgehead atoms. The van der Waals surface area contributed by atoms with Crippen molar-refractivity contribution < 1.29 is 9.53 Å². The summed E-state index contributed by atoms with van der Waals surface area (Å²) >= 11 is 6.27. The molecule has 1 aliphatic heterocycles. The summed E-state index contributed by atoms with van der Waals surface area (Å²) in [5.74, 6) is -0.469. The van der Waals surface area contributed by atoms with Crippen molar-refractivity contribution in [2.75, 3.05) is 25.1 Å². The molecule has 1 atom stereocenters. The van der Waals surface area contributed by atoms with Gasteiger partial charge in [-0.25, -0.2) is 0 Å². The maximum atomic E-state index is 13.1. The van der Waals surface area contributed by atoms with E-state index >= 15 is 0 Å². The molecular formula is C22H21ClN2O3. The fraction of sp³-hybridized carbons (Fsp3) is 0.273. The quantitative estimate of drug-likeness (QED) is 0.673. The number of H-pyrrole nitrogens is 1. The Morgan fingerprint density at radius 3 is 2.75 bits per heavy atom. The van der Waals surface area contributed by atoms with E-state index in [0.717, 1.165) is 34.9 Å². The summed E-state index contributed by atoms with van der Waals surface area (Å²) in [6.45, 7) is 1.17. The number of aromatic amines is 1. The molecule has 2 heterocycles. The molecule has 144 valence electrons. The van der Waals surface area contributed by atoms with Crippen molar-refractivity contribution >= 4 is 34.2 Å². The average molecular weight is 397 g/mol. The number of hydrogen-bond donors (Lipinski definition) is 1. The molecule has 3 aromatic rings. The zero-order valence-electron chi connectivity index (χ0n) is 15.6. The zero-order valence-corrected chi connectivity index (χ0v) is 16.3. The summed E-state index contributed by atoms with van der Waals surface area (Å²) in [5, 5.41) is 1.49. The van der Waals surface area contributed by atoms with Crippen molar-refractivity contribution in [3.05, 3.63) is 63.9 Å². The van der Waals surface area contributed by atoms with Crippen LogP contribution in [0.4, 0.5) is 5.69 Å². The van der Waals surface area contributed by atoms with Gasteiger partial charge in [-0.1, -0.05) is 41.9 Å². The topological polar surface area (TPSA) is 62.4 Å². The molecule has 1 N–H and O–H groups in total. The lowest BCUT2D eigenvalue weighted by Gasteiger charge is -2.34. The Labute approximate surface area is 167 Å². The molecule has 1 fully saturated rings. The van der Waals surface area contributed by atoms with Crippen LogP contribution in [0.25, 0.3) is 22.0 Å². The van der Waals surface area contributed by atoms with Crippen LogP contribution in [0.1, 0.15) is 12.8 Å². The van der Waals surface area contributed by atoms with Gasteiger partial charge in [-0.3, -0.25) is 9.59 Å². The number of fused-ring (bicyclic) bond motifs is 1. The maximum Gasteiger partial charge on any atom is 0.310 e. The highest BCUT2D eigenvalue weighted by atomic mass is 35.5. The van der Waals surface area contributed by atoms with Crippen molar-refractivity contribution in [2.45, 2.75) is 12.8 Å². The normalized spacial score (nSPS) is 16.9. The van der Waals surface area contributed by atoms with E-state index in [1.807, 2.05) is 47.4 Å². The van der Waals surface area contributed by atoms with Gasteiger partial charge in [0, 0.05) is 34.6 Å². The highest BCUT2D eigenvalue weighted by Gasteiger charge is 2.30. The largest absolute Gasteiger partial charge is 0.469 e. The van der Waals surface area contributed by atoms with Crippen molar-refractivity contribution in [1.29, 1.82) is 0 Å². The predicted octanol–water partition coefficient (Wildman–Crippen LogP) is 4.24. The molecule has 0 saturated carbocycles. The van der Waals surface area contributed by atoms with Crippen molar-refractivity contribution in [2.24, 2.45) is 5.92 Å². The lowest BCUT2D eigenvalue weighted by molar-refractivity contribution is -0.145. The molecule has 0 spiro atoms. The fourth-order valence-corrected chi connectivity index (χ4v) is 4.17. The standard InChI is InChI=1S/C22H21ClN2O3/c1-28-22(27)15-8-5-11-25(13-15)20-19(14-6-3-2-4-7-14)17-12-16(23)9-10-18(17)24-21(20)26/h2-4,6-7,9-10,12,15H,5,8,11,13H2,1H3,(H,24,26)/t15-/m0/s1. The Hall–Kier alpha value is -2.79. The minimum absolute atomic E-state index is 0.167. The zero-order chi connectivity index (χ0) is 19.7. The first-order chi connectivity index (χ1) is 13.6. The first-order valence-electron chi connectivity index (χ1n) is 9.32. The van der Waals surface area contributed by atoms with E-state index < -0.39 is 0 Å². The number of carbonyl (C=O) groups is 1. The van der Waals surface area contributed by atoms with Crippen LogP contribution in [0.3, 0.4) is 0 Å².